The van der Waals surface area contributed by atoms with Crippen LogP contribution in [-0.2, 0) is 11.5 Å². The molecule has 8 heteroatoms. The Labute approximate surface area is 166 Å². The van der Waals surface area contributed by atoms with Crippen LogP contribution in [0.3, 0.4) is 0 Å². The molecule has 1 saturated carbocycles. The van der Waals surface area contributed by atoms with Crippen LogP contribution in [0.25, 0.3) is 22.4 Å². The first-order valence-corrected chi connectivity index (χ1v) is 13.5. The number of ether oxygens (including phenoxy) is 2. The molecule has 0 N–H and O–H groups in total. The van der Waals surface area contributed by atoms with E-state index in [9.17, 15) is 0 Å². The zero-order valence-electron chi connectivity index (χ0n) is 17.0. The molecule has 0 radical (unpaired) electrons. The van der Waals surface area contributed by atoms with Crippen molar-refractivity contribution in [2.24, 2.45) is 0 Å². The van der Waals surface area contributed by atoms with Crippen molar-refractivity contribution in [3.63, 3.8) is 0 Å². The van der Waals surface area contributed by atoms with Crippen LogP contribution in [-0.4, -0.2) is 46.3 Å². The van der Waals surface area contributed by atoms with Crippen molar-refractivity contribution >= 4 is 19.1 Å². The van der Waals surface area contributed by atoms with Crippen LogP contribution in [0.4, 0.5) is 0 Å². The fourth-order valence-electron chi connectivity index (χ4n) is 3.16. The van der Waals surface area contributed by atoms with Crippen molar-refractivity contribution < 1.29 is 9.47 Å². The first-order chi connectivity index (χ1) is 13.5. The number of aromatic nitrogens is 5. The molecule has 0 saturated heterocycles. The van der Waals surface area contributed by atoms with E-state index >= 15 is 0 Å². The molecule has 0 aromatic carbocycles. The average Bonchev–Trinajstić information content (AvgIpc) is 3.44. The molecule has 0 bridgehead atoms. The van der Waals surface area contributed by atoms with E-state index in [4.69, 9.17) is 14.5 Å². The smallest absolute Gasteiger partial charge is 0.227 e. The van der Waals surface area contributed by atoms with Gasteiger partial charge in [-0.05, 0) is 25.0 Å². The average molecular weight is 398 g/mol. The van der Waals surface area contributed by atoms with Crippen molar-refractivity contribution in [3.05, 3.63) is 30.5 Å². The highest BCUT2D eigenvalue weighted by molar-refractivity contribution is 6.76. The highest BCUT2D eigenvalue weighted by Crippen LogP contribution is 2.44. The van der Waals surface area contributed by atoms with Gasteiger partial charge in [0.25, 0.3) is 0 Å². The van der Waals surface area contributed by atoms with Gasteiger partial charge in [0.2, 0.25) is 5.88 Å². The lowest BCUT2D eigenvalue weighted by Crippen LogP contribution is -2.21. The molecule has 3 heterocycles. The van der Waals surface area contributed by atoms with Crippen LogP contribution in [0, 0.1) is 0 Å². The Bertz CT molecular complexity index is 978. The Morgan fingerprint density at radius 3 is 2.71 bits per heavy atom. The maximum atomic E-state index is 5.87. The number of hydrogen-bond acceptors (Lipinski definition) is 6. The van der Waals surface area contributed by atoms with Gasteiger partial charge >= 0.3 is 0 Å². The van der Waals surface area contributed by atoms with Gasteiger partial charge in [-0.15, -0.1) is 0 Å². The quantitative estimate of drug-likeness (QED) is 0.421. The highest BCUT2D eigenvalue weighted by Gasteiger charge is 2.31. The van der Waals surface area contributed by atoms with E-state index < -0.39 is 8.07 Å². The van der Waals surface area contributed by atoms with Gasteiger partial charge in [0.15, 0.2) is 5.82 Å². The first-order valence-electron chi connectivity index (χ1n) is 9.75. The van der Waals surface area contributed by atoms with E-state index in [0.717, 1.165) is 47.8 Å². The minimum atomic E-state index is -1.08. The Balaban J connectivity index is 1.59. The van der Waals surface area contributed by atoms with E-state index in [-0.39, 0.29) is 0 Å². The van der Waals surface area contributed by atoms with Crippen molar-refractivity contribution in [1.82, 2.24) is 24.5 Å². The van der Waals surface area contributed by atoms with E-state index in [0.29, 0.717) is 24.4 Å². The monoisotopic (exact) mass is 397 g/mol. The summed E-state index contributed by atoms with van der Waals surface area (Å²) in [4.78, 5) is 18.1. The zero-order valence-corrected chi connectivity index (χ0v) is 18.0. The first kappa shape index (κ1) is 19.0. The SMILES string of the molecule is COc1ncnc(C2CC2)c1-c1ncc2c(ccn2COCC[Si](C)(C)C)n1. The highest BCUT2D eigenvalue weighted by atomic mass is 28.3. The maximum absolute atomic E-state index is 5.87. The standard InChI is InChI=1S/C20H27N5O2Si/c1-26-20-17(18(14-5-6-14)22-12-23-20)19-21-11-16-15(24-19)7-8-25(16)13-27-9-10-28(2,3)4/h7-8,11-12,14H,5-6,9-10,13H2,1-4H3. The summed E-state index contributed by atoms with van der Waals surface area (Å²) in [6.07, 6.45) is 7.69. The van der Waals surface area contributed by atoms with Gasteiger partial charge < -0.3 is 14.0 Å². The van der Waals surface area contributed by atoms with E-state index in [2.05, 4.69) is 34.6 Å². The van der Waals surface area contributed by atoms with Crippen LogP contribution in [0.15, 0.2) is 24.8 Å². The summed E-state index contributed by atoms with van der Waals surface area (Å²) in [6.45, 7) is 8.37. The van der Waals surface area contributed by atoms with Gasteiger partial charge in [0, 0.05) is 26.8 Å². The van der Waals surface area contributed by atoms with Gasteiger partial charge in [0.05, 0.1) is 30.0 Å². The molecule has 28 heavy (non-hydrogen) atoms. The predicted molar refractivity (Wildman–Crippen MR) is 111 cm³/mol. The minimum absolute atomic E-state index is 0.454. The second-order valence-electron chi connectivity index (χ2n) is 8.52. The molecule has 3 aromatic rings. The lowest BCUT2D eigenvalue weighted by Gasteiger charge is -2.15. The van der Waals surface area contributed by atoms with Gasteiger partial charge in [-0.3, -0.25) is 0 Å². The summed E-state index contributed by atoms with van der Waals surface area (Å²) in [5, 5.41) is 0. The molecule has 3 aromatic heterocycles. The van der Waals surface area contributed by atoms with Gasteiger partial charge in [-0.25, -0.2) is 19.9 Å². The Hall–Kier alpha value is -2.32. The largest absolute Gasteiger partial charge is 0.480 e. The van der Waals surface area contributed by atoms with Gasteiger partial charge in [-0.2, -0.15) is 0 Å². The number of fused-ring (bicyclic) bond motifs is 1. The van der Waals surface area contributed by atoms with Crippen LogP contribution >= 0.6 is 0 Å². The number of hydrogen-bond donors (Lipinski definition) is 0. The van der Waals surface area contributed by atoms with E-state index in [1.165, 1.54) is 0 Å². The van der Waals surface area contributed by atoms with Crippen LogP contribution in [0.1, 0.15) is 24.5 Å². The van der Waals surface area contributed by atoms with Crippen molar-refractivity contribution in [2.45, 2.75) is 51.2 Å². The molecule has 0 aliphatic heterocycles. The van der Waals surface area contributed by atoms with Crippen molar-refractivity contribution in [1.29, 1.82) is 0 Å². The van der Waals surface area contributed by atoms with E-state index in [1.807, 2.05) is 23.0 Å². The third-order valence-electron chi connectivity index (χ3n) is 4.97. The summed E-state index contributed by atoms with van der Waals surface area (Å²) in [7, 11) is 0.541. The fourth-order valence-corrected chi connectivity index (χ4v) is 3.92. The van der Waals surface area contributed by atoms with Crippen LogP contribution < -0.4 is 4.74 Å². The molecule has 1 aliphatic rings. The Morgan fingerprint density at radius 2 is 2.00 bits per heavy atom. The molecular formula is C20H27N5O2Si. The molecule has 4 rings (SSSR count). The fraction of sp³-hybridized carbons (Fsp3) is 0.500. The molecule has 1 fully saturated rings. The third-order valence-corrected chi connectivity index (χ3v) is 6.67. The predicted octanol–water partition coefficient (Wildman–Crippen LogP) is 4.09. The number of nitrogens with zero attached hydrogens (tertiary/aromatic N) is 5. The molecule has 0 atom stereocenters. The van der Waals surface area contributed by atoms with Crippen molar-refractivity contribution in [3.8, 4) is 17.3 Å². The molecule has 0 amide bonds. The lowest BCUT2D eigenvalue weighted by molar-refractivity contribution is 0.0902. The van der Waals surface area contributed by atoms with Crippen LogP contribution in [0.5, 0.6) is 5.88 Å². The lowest BCUT2D eigenvalue weighted by atomic mass is 10.1. The Kier molecular flexibility index (Phi) is 5.16. The van der Waals surface area contributed by atoms with E-state index in [1.54, 1.807) is 13.4 Å². The minimum Gasteiger partial charge on any atom is -0.480 e. The summed E-state index contributed by atoms with van der Waals surface area (Å²) in [6, 6.07) is 3.15. The molecule has 0 unspecified atom stereocenters. The second-order valence-corrected chi connectivity index (χ2v) is 14.1. The summed E-state index contributed by atoms with van der Waals surface area (Å²) >= 11 is 0. The normalized spacial score (nSPS) is 14.6. The molecule has 0 spiro atoms. The summed E-state index contributed by atoms with van der Waals surface area (Å²) < 4.78 is 13.4. The third kappa shape index (κ3) is 4.07. The topological polar surface area (TPSA) is 75.0 Å². The van der Waals surface area contributed by atoms with Crippen molar-refractivity contribution in [2.75, 3.05) is 13.7 Å². The Morgan fingerprint density at radius 1 is 1.18 bits per heavy atom. The maximum Gasteiger partial charge on any atom is 0.227 e. The summed E-state index contributed by atoms with van der Waals surface area (Å²) in [5.41, 5.74) is 3.64. The molecule has 148 valence electrons. The second kappa shape index (κ2) is 7.60. The van der Waals surface area contributed by atoms with Gasteiger partial charge in [0.1, 0.15) is 18.6 Å². The van der Waals surface area contributed by atoms with Crippen LogP contribution in [0.2, 0.25) is 25.7 Å². The number of methoxy groups -OCH3 is 1. The molecular weight excluding hydrogens is 370 g/mol. The summed E-state index contributed by atoms with van der Waals surface area (Å²) in [5.74, 6) is 1.60. The molecule has 1 aliphatic carbocycles. The number of rotatable bonds is 8. The zero-order chi connectivity index (χ0) is 19.7. The van der Waals surface area contributed by atoms with Gasteiger partial charge in [-0.1, -0.05) is 19.6 Å². The molecule has 7 nitrogen and oxygen atoms in total.